The Labute approximate surface area is 162 Å². The van der Waals surface area contributed by atoms with E-state index in [0.29, 0.717) is 32.8 Å². The number of carbonyl (C=O) groups excluding carboxylic acids is 1. The third-order valence-corrected chi connectivity index (χ3v) is 4.62. The quantitative estimate of drug-likeness (QED) is 0.519. The average molecular weight is 441 g/mol. The number of anilines is 1. The Morgan fingerprint density at radius 3 is 2.64 bits per heavy atom. The Kier molecular flexibility index (Phi) is 5.37. The van der Waals surface area contributed by atoms with Crippen molar-refractivity contribution in [2.45, 2.75) is 0 Å². The molecule has 0 radical (unpaired) electrons. The third-order valence-electron chi connectivity index (χ3n) is 3.43. The van der Waals surface area contributed by atoms with Crippen LogP contribution in [0.2, 0.25) is 10.0 Å². The van der Waals surface area contributed by atoms with Crippen molar-refractivity contribution in [3.63, 3.8) is 0 Å². The molecule has 0 unspecified atom stereocenters. The van der Waals surface area contributed by atoms with Crippen molar-refractivity contribution >= 4 is 50.7 Å². The number of benzene rings is 2. The van der Waals surface area contributed by atoms with E-state index in [0.717, 1.165) is 4.47 Å². The molecular weight excluding hydrogens is 429 g/mol. The van der Waals surface area contributed by atoms with Gasteiger partial charge in [0, 0.05) is 16.3 Å². The first kappa shape index (κ1) is 17.9. The van der Waals surface area contributed by atoms with E-state index in [1.54, 1.807) is 55.6 Å². The van der Waals surface area contributed by atoms with E-state index >= 15 is 0 Å². The summed E-state index contributed by atoms with van der Waals surface area (Å²) in [5.74, 6) is 0.932. The number of hydrogen-bond acceptors (Lipinski definition) is 3. The van der Waals surface area contributed by atoms with Crippen LogP contribution in [0.5, 0.6) is 5.75 Å². The molecule has 0 fully saturated rings. The molecule has 3 rings (SSSR count). The van der Waals surface area contributed by atoms with Gasteiger partial charge in [0.15, 0.2) is 5.76 Å². The second kappa shape index (κ2) is 7.52. The Morgan fingerprint density at radius 2 is 1.92 bits per heavy atom. The van der Waals surface area contributed by atoms with E-state index in [1.807, 2.05) is 0 Å². The van der Waals surface area contributed by atoms with Crippen molar-refractivity contribution in [1.82, 2.24) is 0 Å². The Bertz CT molecular complexity index is 940. The zero-order chi connectivity index (χ0) is 18.0. The van der Waals surface area contributed by atoms with Crippen LogP contribution < -0.4 is 10.1 Å². The van der Waals surface area contributed by atoms with Gasteiger partial charge in [0.1, 0.15) is 11.5 Å². The highest BCUT2D eigenvalue weighted by Gasteiger charge is 2.15. The molecule has 25 heavy (non-hydrogen) atoms. The maximum atomic E-state index is 12.4. The van der Waals surface area contributed by atoms with Gasteiger partial charge in [-0.3, -0.25) is 4.79 Å². The van der Waals surface area contributed by atoms with E-state index in [4.69, 9.17) is 32.4 Å². The molecular formula is C18H12BrCl2NO3. The number of rotatable bonds is 4. The van der Waals surface area contributed by atoms with Gasteiger partial charge in [-0.2, -0.15) is 0 Å². The highest BCUT2D eigenvalue weighted by Crippen LogP contribution is 2.32. The lowest BCUT2D eigenvalue weighted by atomic mass is 10.2. The van der Waals surface area contributed by atoms with Gasteiger partial charge in [-0.25, -0.2) is 0 Å². The van der Waals surface area contributed by atoms with Crippen molar-refractivity contribution in [2.75, 3.05) is 12.4 Å². The molecule has 2 aromatic carbocycles. The van der Waals surface area contributed by atoms with E-state index in [-0.39, 0.29) is 11.7 Å². The first-order valence-corrected chi connectivity index (χ1v) is 8.73. The van der Waals surface area contributed by atoms with Crippen LogP contribution in [0.3, 0.4) is 0 Å². The molecule has 0 aliphatic rings. The topological polar surface area (TPSA) is 51.5 Å². The molecule has 1 N–H and O–H groups in total. The predicted molar refractivity (Wildman–Crippen MR) is 103 cm³/mol. The minimum atomic E-state index is -0.374. The van der Waals surface area contributed by atoms with Gasteiger partial charge in [0.05, 0.1) is 16.6 Å². The molecule has 7 heteroatoms. The molecule has 0 saturated heterocycles. The van der Waals surface area contributed by atoms with Gasteiger partial charge in [0.2, 0.25) is 0 Å². The van der Waals surface area contributed by atoms with Crippen molar-refractivity contribution in [3.05, 3.63) is 68.8 Å². The molecule has 0 aliphatic heterocycles. The maximum Gasteiger partial charge on any atom is 0.291 e. The largest absolute Gasteiger partial charge is 0.496 e. The summed E-state index contributed by atoms with van der Waals surface area (Å²) in [6.07, 6.45) is 0. The number of amides is 1. The van der Waals surface area contributed by atoms with Gasteiger partial charge in [0.25, 0.3) is 5.91 Å². The monoisotopic (exact) mass is 439 g/mol. The summed E-state index contributed by atoms with van der Waals surface area (Å²) in [7, 11) is 1.57. The Balaban J connectivity index is 1.81. The van der Waals surface area contributed by atoms with Crippen LogP contribution in [0.1, 0.15) is 10.6 Å². The second-order valence-electron chi connectivity index (χ2n) is 5.09. The SMILES string of the molecule is COc1ccc(NC(=O)c2ccc(-c3cc(Cl)ccc3Cl)o2)cc1Br. The number of methoxy groups -OCH3 is 1. The highest BCUT2D eigenvalue weighted by molar-refractivity contribution is 9.10. The molecule has 4 nitrogen and oxygen atoms in total. The van der Waals surface area contributed by atoms with Crippen LogP contribution in [-0.2, 0) is 0 Å². The summed E-state index contributed by atoms with van der Waals surface area (Å²) in [5.41, 5.74) is 1.23. The molecule has 128 valence electrons. The second-order valence-corrected chi connectivity index (χ2v) is 6.79. The molecule has 0 bridgehead atoms. The molecule has 0 saturated carbocycles. The molecule has 1 amide bonds. The van der Waals surface area contributed by atoms with E-state index in [2.05, 4.69) is 21.2 Å². The Hall–Kier alpha value is -1.95. The van der Waals surface area contributed by atoms with Gasteiger partial charge < -0.3 is 14.5 Å². The van der Waals surface area contributed by atoms with Crippen molar-refractivity contribution in [1.29, 1.82) is 0 Å². The molecule has 3 aromatic rings. The number of ether oxygens (including phenoxy) is 1. The highest BCUT2D eigenvalue weighted by atomic mass is 79.9. The minimum absolute atomic E-state index is 0.165. The average Bonchev–Trinajstić information content (AvgIpc) is 3.07. The van der Waals surface area contributed by atoms with Crippen LogP contribution in [0, 0.1) is 0 Å². The number of halogens is 3. The standard InChI is InChI=1S/C18H12BrCl2NO3/c1-24-16-5-3-11(9-13(16)19)22-18(23)17-7-6-15(25-17)12-8-10(20)2-4-14(12)21/h2-9H,1H3,(H,22,23). The fraction of sp³-hybridized carbons (Fsp3) is 0.0556. The molecule has 1 aromatic heterocycles. The number of carbonyl (C=O) groups is 1. The van der Waals surface area contributed by atoms with Crippen LogP contribution >= 0.6 is 39.1 Å². The van der Waals surface area contributed by atoms with Crippen LogP contribution in [0.25, 0.3) is 11.3 Å². The van der Waals surface area contributed by atoms with E-state index in [1.165, 1.54) is 0 Å². The van der Waals surface area contributed by atoms with E-state index < -0.39 is 0 Å². The number of nitrogens with one attached hydrogen (secondary N) is 1. The smallest absolute Gasteiger partial charge is 0.291 e. The zero-order valence-electron chi connectivity index (χ0n) is 13.0. The van der Waals surface area contributed by atoms with Gasteiger partial charge in [-0.15, -0.1) is 0 Å². The van der Waals surface area contributed by atoms with E-state index in [9.17, 15) is 4.79 Å². The lowest BCUT2D eigenvalue weighted by molar-refractivity contribution is 0.0997. The number of hydrogen-bond donors (Lipinski definition) is 1. The van der Waals surface area contributed by atoms with Gasteiger partial charge in [-0.05, 0) is 64.5 Å². The van der Waals surface area contributed by atoms with Crippen molar-refractivity contribution in [2.24, 2.45) is 0 Å². The fourth-order valence-electron chi connectivity index (χ4n) is 2.23. The van der Waals surface area contributed by atoms with Crippen molar-refractivity contribution < 1.29 is 13.9 Å². The summed E-state index contributed by atoms with van der Waals surface area (Å²) in [6, 6.07) is 13.5. The summed E-state index contributed by atoms with van der Waals surface area (Å²) < 4.78 is 11.5. The first-order chi connectivity index (χ1) is 12.0. The first-order valence-electron chi connectivity index (χ1n) is 7.18. The molecule has 1 heterocycles. The lowest BCUT2D eigenvalue weighted by Gasteiger charge is -2.07. The zero-order valence-corrected chi connectivity index (χ0v) is 16.1. The summed E-state index contributed by atoms with van der Waals surface area (Å²) in [5, 5.41) is 3.79. The van der Waals surface area contributed by atoms with Crippen LogP contribution in [0.4, 0.5) is 5.69 Å². The van der Waals surface area contributed by atoms with Gasteiger partial charge >= 0.3 is 0 Å². The van der Waals surface area contributed by atoms with Crippen LogP contribution in [-0.4, -0.2) is 13.0 Å². The summed E-state index contributed by atoms with van der Waals surface area (Å²) in [6.45, 7) is 0. The summed E-state index contributed by atoms with van der Waals surface area (Å²) in [4.78, 5) is 12.4. The summed E-state index contributed by atoms with van der Waals surface area (Å²) >= 11 is 15.5. The van der Waals surface area contributed by atoms with Crippen LogP contribution in [0.15, 0.2) is 57.4 Å². The maximum absolute atomic E-state index is 12.4. The third kappa shape index (κ3) is 4.00. The number of furan rings is 1. The predicted octanol–water partition coefficient (Wildman–Crippen LogP) is 6.28. The molecule has 0 aliphatic carbocycles. The van der Waals surface area contributed by atoms with Gasteiger partial charge in [-0.1, -0.05) is 23.2 Å². The normalized spacial score (nSPS) is 10.6. The molecule has 0 atom stereocenters. The van der Waals surface area contributed by atoms with Crippen molar-refractivity contribution in [3.8, 4) is 17.1 Å². The Morgan fingerprint density at radius 1 is 1.12 bits per heavy atom. The minimum Gasteiger partial charge on any atom is -0.496 e. The lowest BCUT2D eigenvalue weighted by Crippen LogP contribution is -2.10. The fourth-order valence-corrected chi connectivity index (χ4v) is 3.15. The molecule has 0 spiro atoms.